The Balaban J connectivity index is 1.74. The van der Waals surface area contributed by atoms with Gasteiger partial charge in [-0.2, -0.15) is 0 Å². The van der Waals surface area contributed by atoms with Crippen LogP contribution in [-0.4, -0.2) is 21.4 Å². The van der Waals surface area contributed by atoms with Crippen LogP contribution in [0.25, 0.3) is 0 Å². The first-order valence-electron chi connectivity index (χ1n) is 5.18. The van der Waals surface area contributed by atoms with Crippen LogP contribution in [0.1, 0.15) is 32.1 Å². The lowest BCUT2D eigenvalue weighted by molar-refractivity contribution is 0.330. The van der Waals surface area contributed by atoms with E-state index in [4.69, 9.17) is 7.85 Å². The van der Waals surface area contributed by atoms with Gasteiger partial charge >= 0.3 is 0 Å². The second kappa shape index (κ2) is 3.06. The van der Waals surface area contributed by atoms with Gasteiger partial charge in [0.05, 0.1) is 7.85 Å². The normalized spacial score (nSPS) is 45.4. The summed E-state index contributed by atoms with van der Waals surface area (Å²) in [4.78, 5) is 0. The highest BCUT2D eigenvalue weighted by atomic mass is 14.8. The van der Waals surface area contributed by atoms with Crippen molar-refractivity contribution in [3.8, 4) is 0 Å². The van der Waals surface area contributed by atoms with Crippen molar-refractivity contribution in [1.29, 1.82) is 0 Å². The van der Waals surface area contributed by atoms with Crippen LogP contribution in [-0.2, 0) is 0 Å². The van der Waals surface area contributed by atoms with Crippen molar-refractivity contribution in [2.75, 3.05) is 13.6 Å². The minimum Gasteiger partial charge on any atom is -0.320 e. The van der Waals surface area contributed by atoms with Gasteiger partial charge in [0.2, 0.25) is 0 Å². The molecule has 3 atom stereocenters. The molecular formula is C10H18BN. The monoisotopic (exact) mass is 163 g/mol. The Morgan fingerprint density at radius 3 is 3.08 bits per heavy atom. The van der Waals surface area contributed by atoms with Gasteiger partial charge in [0, 0.05) is 0 Å². The van der Waals surface area contributed by atoms with Crippen molar-refractivity contribution < 1.29 is 0 Å². The molecule has 0 heterocycles. The average molecular weight is 163 g/mol. The van der Waals surface area contributed by atoms with Crippen LogP contribution in [0, 0.1) is 11.8 Å². The van der Waals surface area contributed by atoms with Crippen LogP contribution in [0.4, 0.5) is 0 Å². The molecule has 0 bridgehead atoms. The largest absolute Gasteiger partial charge is 0.320 e. The second-order valence-electron chi connectivity index (χ2n) is 4.67. The molecular weight excluding hydrogens is 145 g/mol. The number of nitrogens with one attached hydrogen (secondary N) is 1. The van der Waals surface area contributed by atoms with Crippen LogP contribution >= 0.6 is 0 Å². The van der Waals surface area contributed by atoms with E-state index in [0.29, 0.717) is 5.31 Å². The van der Waals surface area contributed by atoms with Gasteiger partial charge in [0.25, 0.3) is 0 Å². The molecule has 66 valence electrons. The maximum atomic E-state index is 6.13. The first-order valence-corrected chi connectivity index (χ1v) is 5.18. The lowest BCUT2D eigenvalue weighted by Crippen LogP contribution is -2.18. The molecule has 1 N–H and O–H groups in total. The minimum absolute atomic E-state index is 0.302. The smallest absolute Gasteiger partial charge is 0.0750 e. The maximum absolute atomic E-state index is 6.13. The lowest BCUT2D eigenvalue weighted by atomic mass is 9.70. The summed E-state index contributed by atoms with van der Waals surface area (Å²) in [5.41, 5.74) is 0. The van der Waals surface area contributed by atoms with Gasteiger partial charge < -0.3 is 5.32 Å². The van der Waals surface area contributed by atoms with Crippen LogP contribution in [0.3, 0.4) is 0 Å². The predicted molar refractivity (Wildman–Crippen MR) is 52.4 cm³/mol. The maximum Gasteiger partial charge on any atom is 0.0750 e. The van der Waals surface area contributed by atoms with E-state index in [1.54, 1.807) is 0 Å². The van der Waals surface area contributed by atoms with Gasteiger partial charge in [-0.1, -0.05) is 24.6 Å². The molecule has 2 fully saturated rings. The molecule has 0 aromatic carbocycles. The molecule has 0 aromatic heterocycles. The van der Waals surface area contributed by atoms with Crippen molar-refractivity contribution in [1.82, 2.24) is 5.32 Å². The van der Waals surface area contributed by atoms with E-state index in [1.165, 1.54) is 38.6 Å². The first kappa shape index (κ1) is 8.62. The quantitative estimate of drug-likeness (QED) is 0.625. The minimum atomic E-state index is 0.302. The summed E-state index contributed by atoms with van der Waals surface area (Å²) in [5.74, 6) is 1.84. The van der Waals surface area contributed by atoms with Crippen LogP contribution < -0.4 is 5.32 Å². The molecule has 0 aromatic rings. The molecule has 1 nitrogen and oxygen atoms in total. The van der Waals surface area contributed by atoms with Crippen molar-refractivity contribution in [2.24, 2.45) is 11.8 Å². The molecule has 2 aliphatic carbocycles. The van der Waals surface area contributed by atoms with E-state index in [9.17, 15) is 0 Å². The molecule has 1 unspecified atom stereocenters. The predicted octanol–water partition coefficient (Wildman–Crippen LogP) is 1.74. The van der Waals surface area contributed by atoms with E-state index in [0.717, 1.165) is 11.8 Å². The van der Waals surface area contributed by atoms with E-state index >= 15 is 0 Å². The van der Waals surface area contributed by atoms with Crippen LogP contribution in [0.5, 0.6) is 0 Å². The summed E-state index contributed by atoms with van der Waals surface area (Å²) in [5, 5.41) is 3.52. The Bertz CT molecular complexity index is 171. The fourth-order valence-electron chi connectivity index (χ4n) is 2.63. The highest BCUT2D eigenvalue weighted by Crippen LogP contribution is 2.66. The van der Waals surface area contributed by atoms with E-state index < -0.39 is 0 Å². The van der Waals surface area contributed by atoms with Crippen molar-refractivity contribution >= 4 is 7.85 Å². The molecule has 2 aliphatic rings. The number of hydrogen-bond acceptors (Lipinski definition) is 1. The SMILES string of the molecule is [B][C@@]12CCC(CCNC)C[C@H]1C2. The number of hydrogen-bond donors (Lipinski definition) is 1. The summed E-state index contributed by atoms with van der Waals surface area (Å²) in [6.07, 6.45) is 6.71. The third kappa shape index (κ3) is 1.54. The molecule has 0 saturated heterocycles. The highest BCUT2D eigenvalue weighted by molar-refractivity contribution is 6.17. The van der Waals surface area contributed by atoms with Gasteiger partial charge in [-0.25, -0.2) is 0 Å². The fraction of sp³-hybridized carbons (Fsp3) is 1.00. The Hall–Kier alpha value is 0.0249. The summed E-state index contributed by atoms with van der Waals surface area (Å²) in [6.45, 7) is 1.18. The van der Waals surface area contributed by atoms with Crippen molar-refractivity contribution in [2.45, 2.75) is 37.4 Å². The van der Waals surface area contributed by atoms with E-state index in [2.05, 4.69) is 5.32 Å². The Kier molecular flexibility index (Phi) is 2.20. The van der Waals surface area contributed by atoms with Gasteiger partial charge in [-0.15, -0.1) is 0 Å². The fourth-order valence-corrected chi connectivity index (χ4v) is 2.63. The summed E-state index contributed by atoms with van der Waals surface area (Å²) in [7, 11) is 8.16. The lowest BCUT2D eigenvalue weighted by Gasteiger charge is -2.25. The zero-order valence-electron chi connectivity index (χ0n) is 7.97. The van der Waals surface area contributed by atoms with Crippen LogP contribution in [0.2, 0.25) is 5.31 Å². The first-order chi connectivity index (χ1) is 5.74. The molecule has 0 aliphatic heterocycles. The highest BCUT2D eigenvalue weighted by Gasteiger charge is 2.51. The zero-order valence-corrected chi connectivity index (χ0v) is 7.97. The zero-order chi connectivity index (χ0) is 8.60. The third-order valence-electron chi connectivity index (χ3n) is 3.72. The van der Waals surface area contributed by atoms with Gasteiger partial charge in [-0.3, -0.25) is 0 Å². The van der Waals surface area contributed by atoms with Crippen molar-refractivity contribution in [3.63, 3.8) is 0 Å². The Morgan fingerprint density at radius 2 is 2.42 bits per heavy atom. The Labute approximate surface area is 76.7 Å². The molecule has 12 heavy (non-hydrogen) atoms. The number of rotatable bonds is 3. The third-order valence-corrected chi connectivity index (χ3v) is 3.72. The van der Waals surface area contributed by atoms with E-state index in [1.807, 2.05) is 7.05 Å². The molecule has 2 heteroatoms. The molecule has 0 amide bonds. The topological polar surface area (TPSA) is 12.0 Å². The van der Waals surface area contributed by atoms with Crippen LogP contribution in [0.15, 0.2) is 0 Å². The molecule has 2 rings (SSSR count). The van der Waals surface area contributed by atoms with Crippen molar-refractivity contribution in [3.05, 3.63) is 0 Å². The molecule has 0 spiro atoms. The molecule has 2 saturated carbocycles. The summed E-state index contributed by atoms with van der Waals surface area (Å²) in [6, 6.07) is 0. The standard InChI is InChI=1S/C10H18BN/c1-12-5-3-8-2-4-10(11)7-9(10)6-8/h8-9,12H,2-7H2,1H3/t8?,9-,10+/m0/s1. The van der Waals surface area contributed by atoms with Gasteiger partial charge in [-0.05, 0) is 38.3 Å². The summed E-state index contributed by atoms with van der Waals surface area (Å²) >= 11 is 0. The van der Waals surface area contributed by atoms with Gasteiger partial charge in [0.1, 0.15) is 0 Å². The number of fused-ring (bicyclic) bond motifs is 1. The Morgan fingerprint density at radius 1 is 1.58 bits per heavy atom. The average Bonchev–Trinajstić information content (AvgIpc) is 2.72. The molecule has 2 radical (unpaired) electrons. The summed E-state index contributed by atoms with van der Waals surface area (Å²) < 4.78 is 0. The van der Waals surface area contributed by atoms with E-state index in [-0.39, 0.29) is 0 Å². The second-order valence-corrected chi connectivity index (χ2v) is 4.67. The van der Waals surface area contributed by atoms with Gasteiger partial charge in [0.15, 0.2) is 0 Å².